The molecule has 0 spiro atoms. The number of Topliss-reactive ketones (excluding diaryl/α,β-unsaturated/α-hetero) is 1. The van der Waals surface area contributed by atoms with Gasteiger partial charge >= 0.3 is 5.97 Å². The van der Waals surface area contributed by atoms with E-state index in [1.165, 1.54) is 27.4 Å². The lowest BCUT2D eigenvalue weighted by molar-refractivity contribution is -0.136. The molecule has 6 heteroatoms. The Morgan fingerprint density at radius 3 is 1.90 bits per heavy atom. The van der Waals surface area contributed by atoms with Crippen LogP contribution in [-0.4, -0.2) is 39.7 Å². The third-order valence-electron chi connectivity index (χ3n) is 4.40. The quantitative estimate of drug-likeness (QED) is 0.379. The van der Waals surface area contributed by atoms with E-state index in [1.807, 2.05) is 32.9 Å². The summed E-state index contributed by atoms with van der Waals surface area (Å²) >= 11 is 0. The molecule has 0 saturated heterocycles. The summed E-state index contributed by atoms with van der Waals surface area (Å²) in [6, 6.07) is 7.28. The maximum absolute atomic E-state index is 12.5. The van der Waals surface area contributed by atoms with Gasteiger partial charge in [0.1, 0.15) is 0 Å². The molecule has 29 heavy (non-hydrogen) atoms. The molecule has 0 aliphatic heterocycles. The second kappa shape index (κ2) is 9.78. The molecule has 0 unspecified atom stereocenters. The summed E-state index contributed by atoms with van der Waals surface area (Å²) in [6.07, 6.45) is 2.81. The molecule has 0 fully saturated rings. The van der Waals surface area contributed by atoms with Crippen LogP contribution in [0.2, 0.25) is 0 Å². The van der Waals surface area contributed by atoms with E-state index in [9.17, 15) is 9.59 Å². The Morgan fingerprint density at radius 2 is 1.41 bits per heavy atom. The highest BCUT2D eigenvalue weighted by molar-refractivity contribution is 6.01. The van der Waals surface area contributed by atoms with Gasteiger partial charge in [0.25, 0.3) is 0 Å². The highest BCUT2D eigenvalue weighted by atomic mass is 16.5. The van der Waals surface area contributed by atoms with Crippen molar-refractivity contribution in [2.75, 3.05) is 27.9 Å². The number of carbonyl (C=O) groups excluding carboxylic acids is 2. The van der Waals surface area contributed by atoms with E-state index in [2.05, 4.69) is 0 Å². The average molecular weight is 398 g/mol. The van der Waals surface area contributed by atoms with Crippen molar-refractivity contribution in [3.05, 3.63) is 58.2 Å². The van der Waals surface area contributed by atoms with Crippen LogP contribution in [0.3, 0.4) is 0 Å². The lowest BCUT2D eigenvalue weighted by atomic mass is 9.97. The maximum Gasteiger partial charge on any atom is 0.331 e. The van der Waals surface area contributed by atoms with E-state index in [4.69, 9.17) is 18.9 Å². The first-order valence-corrected chi connectivity index (χ1v) is 9.06. The predicted octanol–water partition coefficient (Wildman–Crippen LogP) is 4.08. The van der Waals surface area contributed by atoms with Crippen LogP contribution in [0, 0.1) is 20.8 Å². The van der Waals surface area contributed by atoms with Gasteiger partial charge in [-0.25, -0.2) is 4.79 Å². The third kappa shape index (κ3) is 5.38. The standard InChI is InChI=1S/C23H26O6/c1-14-9-15(2)22(16(3)10-14)18(24)13-29-21(25)8-7-17-11-19(26-4)23(28-6)20(12-17)27-5/h7-12H,13H2,1-6H3/b8-7+. The Balaban J connectivity index is 2.08. The van der Waals surface area contributed by atoms with Crippen molar-refractivity contribution in [2.24, 2.45) is 0 Å². The summed E-state index contributed by atoms with van der Waals surface area (Å²) in [4.78, 5) is 24.5. The van der Waals surface area contributed by atoms with Crippen molar-refractivity contribution < 1.29 is 28.5 Å². The molecular weight excluding hydrogens is 372 g/mol. The van der Waals surface area contributed by atoms with Gasteiger partial charge in [-0.2, -0.15) is 0 Å². The van der Waals surface area contributed by atoms with E-state index in [0.717, 1.165) is 16.7 Å². The molecule has 0 aromatic heterocycles. The number of benzene rings is 2. The highest BCUT2D eigenvalue weighted by Gasteiger charge is 2.15. The van der Waals surface area contributed by atoms with Crippen molar-refractivity contribution in [1.82, 2.24) is 0 Å². The van der Waals surface area contributed by atoms with Crippen molar-refractivity contribution in [2.45, 2.75) is 20.8 Å². The molecule has 0 radical (unpaired) electrons. The van der Waals surface area contributed by atoms with Crippen molar-refractivity contribution in [3.8, 4) is 17.2 Å². The first-order chi connectivity index (χ1) is 13.8. The van der Waals surface area contributed by atoms with Gasteiger partial charge in [0.2, 0.25) is 11.5 Å². The first-order valence-electron chi connectivity index (χ1n) is 9.06. The Kier molecular flexibility index (Phi) is 7.42. The molecule has 0 bridgehead atoms. The van der Waals surface area contributed by atoms with Crippen LogP contribution >= 0.6 is 0 Å². The van der Waals surface area contributed by atoms with Gasteiger partial charge in [-0.05, 0) is 55.7 Å². The number of methoxy groups -OCH3 is 3. The SMILES string of the molecule is COc1cc(/C=C/C(=O)OCC(=O)c2c(C)cc(C)cc2C)cc(OC)c1OC. The fourth-order valence-electron chi connectivity index (χ4n) is 3.24. The third-order valence-corrected chi connectivity index (χ3v) is 4.40. The number of hydrogen-bond donors (Lipinski definition) is 0. The van der Waals surface area contributed by atoms with Crippen LogP contribution < -0.4 is 14.2 Å². The number of hydrogen-bond acceptors (Lipinski definition) is 6. The molecule has 0 amide bonds. The van der Waals surface area contributed by atoms with Crippen LogP contribution in [0.25, 0.3) is 6.08 Å². The normalized spacial score (nSPS) is 10.7. The molecular formula is C23H26O6. The van der Waals surface area contributed by atoms with Gasteiger partial charge in [0.05, 0.1) is 21.3 Å². The number of ketones is 1. The van der Waals surface area contributed by atoms with Gasteiger partial charge in [-0.15, -0.1) is 0 Å². The monoisotopic (exact) mass is 398 g/mol. The summed E-state index contributed by atoms with van der Waals surface area (Å²) in [5, 5.41) is 0. The first kappa shape index (κ1) is 22.0. The summed E-state index contributed by atoms with van der Waals surface area (Å²) in [5.74, 6) is 0.564. The number of rotatable bonds is 8. The second-order valence-corrected chi connectivity index (χ2v) is 6.60. The number of carbonyl (C=O) groups is 2. The molecule has 0 heterocycles. The molecule has 0 N–H and O–H groups in total. The molecule has 0 atom stereocenters. The Hall–Kier alpha value is -3.28. The molecule has 2 aromatic rings. The molecule has 154 valence electrons. The Morgan fingerprint density at radius 1 is 0.862 bits per heavy atom. The molecule has 0 aliphatic carbocycles. The molecule has 2 rings (SSSR count). The fraction of sp³-hybridized carbons (Fsp3) is 0.304. The van der Waals surface area contributed by atoms with Crippen molar-refractivity contribution in [3.63, 3.8) is 0 Å². The molecule has 0 saturated carbocycles. The maximum atomic E-state index is 12.5. The zero-order valence-corrected chi connectivity index (χ0v) is 17.6. The van der Waals surface area contributed by atoms with Crippen LogP contribution in [0.5, 0.6) is 17.2 Å². The smallest absolute Gasteiger partial charge is 0.331 e. The van der Waals surface area contributed by atoms with Crippen LogP contribution in [0.1, 0.15) is 32.6 Å². The van der Waals surface area contributed by atoms with Crippen molar-refractivity contribution in [1.29, 1.82) is 0 Å². The lowest BCUT2D eigenvalue weighted by Gasteiger charge is -2.12. The van der Waals surface area contributed by atoms with Gasteiger partial charge in [0.15, 0.2) is 18.1 Å². The zero-order chi connectivity index (χ0) is 21.6. The topological polar surface area (TPSA) is 71.1 Å². The molecule has 2 aromatic carbocycles. The van der Waals surface area contributed by atoms with Crippen LogP contribution in [-0.2, 0) is 9.53 Å². The van der Waals surface area contributed by atoms with Crippen molar-refractivity contribution >= 4 is 17.8 Å². The Bertz CT molecular complexity index is 894. The Labute approximate surface area is 171 Å². The fourth-order valence-corrected chi connectivity index (χ4v) is 3.24. The van der Waals surface area contributed by atoms with E-state index < -0.39 is 5.97 Å². The number of aryl methyl sites for hydroxylation is 3. The number of esters is 1. The minimum Gasteiger partial charge on any atom is -0.493 e. The molecule has 0 aliphatic rings. The summed E-state index contributed by atoms with van der Waals surface area (Å²) in [6.45, 7) is 5.41. The van der Waals surface area contributed by atoms with Gasteiger partial charge in [-0.1, -0.05) is 17.7 Å². The second-order valence-electron chi connectivity index (χ2n) is 6.60. The van der Waals surface area contributed by atoms with E-state index >= 15 is 0 Å². The molecule has 6 nitrogen and oxygen atoms in total. The number of ether oxygens (including phenoxy) is 4. The largest absolute Gasteiger partial charge is 0.493 e. The summed E-state index contributed by atoms with van der Waals surface area (Å²) in [7, 11) is 4.54. The zero-order valence-electron chi connectivity index (χ0n) is 17.6. The highest BCUT2D eigenvalue weighted by Crippen LogP contribution is 2.38. The average Bonchev–Trinajstić information content (AvgIpc) is 2.68. The van der Waals surface area contributed by atoms with Gasteiger partial charge in [0, 0.05) is 11.6 Å². The van der Waals surface area contributed by atoms with Crippen LogP contribution in [0.15, 0.2) is 30.3 Å². The van der Waals surface area contributed by atoms with Gasteiger partial charge in [-0.3, -0.25) is 4.79 Å². The van der Waals surface area contributed by atoms with Gasteiger partial charge < -0.3 is 18.9 Å². The van der Waals surface area contributed by atoms with Crippen LogP contribution in [0.4, 0.5) is 0 Å². The minimum absolute atomic E-state index is 0.227. The minimum atomic E-state index is -0.616. The predicted molar refractivity (Wildman–Crippen MR) is 111 cm³/mol. The summed E-state index contributed by atoms with van der Waals surface area (Å²) in [5.41, 5.74) is 4.08. The van der Waals surface area contributed by atoms with E-state index in [-0.39, 0.29) is 12.4 Å². The lowest BCUT2D eigenvalue weighted by Crippen LogP contribution is -2.15. The summed E-state index contributed by atoms with van der Waals surface area (Å²) < 4.78 is 21.0. The van der Waals surface area contributed by atoms with E-state index in [0.29, 0.717) is 28.4 Å². The van der Waals surface area contributed by atoms with E-state index in [1.54, 1.807) is 18.2 Å².